The molecule has 1 amide bonds. The predicted octanol–water partition coefficient (Wildman–Crippen LogP) is 2.07. The van der Waals surface area contributed by atoms with Gasteiger partial charge in [-0.15, -0.1) is 0 Å². The van der Waals surface area contributed by atoms with E-state index in [1.807, 2.05) is 0 Å². The van der Waals surface area contributed by atoms with Gasteiger partial charge in [-0.2, -0.15) is 5.10 Å². The summed E-state index contributed by atoms with van der Waals surface area (Å²) in [5, 5.41) is 6.97. The Morgan fingerprint density at radius 1 is 1.32 bits per heavy atom. The Bertz CT molecular complexity index is 768. The molecule has 0 saturated carbocycles. The van der Waals surface area contributed by atoms with Crippen molar-refractivity contribution in [2.24, 2.45) is 0 Å². The summed E-state index contributed by atoms with van der Waals surface area (Å²) >= 11 is 0. The summed E-state index contributed by atoms with van der Waals surface area (Å²) in [4.78, 5) is 24.3. The minimum absolute atomic E-state index is 0.276. The number of aromatic nitrogens is 2. The van der Waals surface area contributed by atoms with Crippen molar-refractivity contribution in [3.05, 3.63) is 57.8 Å². The van der Waals surface area contributed by atoms with Gasteiger partial charge >= 0.3 is 0 Å². The molecule has 0 bridgehead atoms. The van der Waals surface area contributed by atoms with Gasteiger partial charge in [0.2, 0.25) is 5.91 Å². The lowest BCUT2D eigenvalue weighted by molar-refractivity contribution is -0.119. The lowest BCUT2D eigenvalue weighted by atomic mass is 10.2. The molecule has 22 heavy (non-hydrogen) atoms. The monoisotopic (exact) mass is 301 g/mol. The maximum Gasteiger partial charge on any atom is 0.267 e. The van der Waals surface area contributed by atoms with E-state index in [0.29, 0.717) is 5.69 Å². The second-order valence-electron chi connectivity index (χ2n) is 5.42. The van der Waals surface area contributed by atoms with Crippen LogP contribution in [-0.2, 0) is 17.6 Å². The number of carbonyl (C=O) groups is 1. The highest BCUT2D eigenvalue weighted by Gasteiger charge is 2.21. The Balaban J connectivity index is 1.81. The van der Waals surface area contributed by atoms with Crippen molar-refractivity contribution in [3.8, 4) is 0 Å². The average Bonchev–Trinajstić information content (AvgIpc) is 2.95. The zero-order chi connectivity index (χ0) is 15.7. The number of halogens is 1. The quantitative estimate of drug-likeness (QED) is 0.944. The molecule has 0 spiro atoms. The number of carbonyl (C=O) groups excluding carboxylic acids is 1. The molecule has 1 aliphatic carbocycles. The van der Waals surface area contributed by atoms with Gasteiger partial charge in [0, 0.05) is 11.8 Å². The van der Waals surface area contributed by atoms with E-state index >= 15 is 0 Å². The summed E-state index contributed by atoms with van der Waals surface area (Å²) in [7, 11) is 0. The molecule has 1 aromatic heterocycles. The molecule has 0 aliphatic heterocycles. The molecular formula is C16H16FN3O2. The molecule has 2 aromatic rings. The van der Waals surface area contributed by atoms with E-state index in [1.165, 1.54) is 28.9 Å². The smallest absolute Gasteiger partial charge is 0.267 e. The molecule has 0 fully saturated rings. The molecule has 1 atom stereocenters. The van der Waals surface area contributed by atoms with Crippen molar-refractivity contribution in [1.29, 1.82) is 0 Å². The molecule has 0 radical (unpaired) electrons. The van der Waals surface area contributed by atoms with Crippen LogP contribution in [0.25, 0.3) is 0 Å². The first-order chi connectivity index (χ1) is 10.5. The standard InChI is InChI=1S/C16H16FN3O2/c1-10(16(22)18-13-7-5-12(17)6-8-13)20-15(21)9-11-3-2-4-14(11)19-20/h5-10H,2-4H2,1H3,(H,18,22). The van der Waals surface area contributed by atoms with E-state index in [-0.39, 0.29) is 17.3 Å². The minimum Gasteiger partial charge on any atom is -0.324 e. The SMILES string of the molecule is CC(C(=O)Nc1ccc(F)cc1)n1nc2c(cc1=O)CCC2. The van der Waals surface area contributed by atoms with Crippen LogP contribution in [-0.4, -0.2) is 15.7 Å². The van der Waals surface area contributed by atoms with E-state index in [4.69, 9.17) is 0 Å². The normalized spacial score (nSPS) is 14.5. The fourth-order valence-electron chi connectivity index (χ4n) is 2.58. The second kappa shape index (κ2) is 5.71. The summed E-state index contributed by atoms with van der Waals surface area (Å²) in [5.41, 5.74) is 2.07. The Morgan fingerprint density at radius 2 is 2.05 bits per heavy atom. The van der Waals surface area contributed by atoms with E-state index in [1.54, 1.807) is 13.0 Å². The summed E-state index contributed by atoms with van der Waals surface area (Å²) in [6.45, 7) is 1.62. The van der Waals surface area contributed by atoms with Gasteiger partial charge in [-0.05, 0) is 56.0 Å². The van der Waals surface area contributed by atoms with Gasteiger partial charge in [0.25, 0.3) is 5.56 Å². The summed E-state index contributed by atoms with van der Waals surface area (Å²) in [6, 6.07) is 6.30. The predicted molar refractivity (Wildman–Crippen MR) is 80.3 cm³/mol. The van der Waals surface area contributed by atoms with Crippen LogP contribution < -0.4 is 10.9 Å². The van der Waals surface area contributed by atoms with Crippen LogP contribution in [0.1, 0.15) is 30.6 Å². The van der Waals surface area contributed by atoms with Crippen molar-refractivity contribution >= 4 is 11.6 Å². The van der Waals surface area contributed by atoms with Crippen LogP contribution in [0, 0.1) is 5.82 Å². The third-order valence-electron chi connectivity index (χ3n) is 3.84. The van der Waals surface area contributed by atoms with Crippen LogP contribution in [0.5, 0.6) is 0 Å². The number of anilines is 1. The van der Waals surface area contributed by atoms with Gasteiger partial charge in [-0.1, -0.05) is 0 Å². The molecule has 114 valence electrons. The number of benzene rings is 1. The highest BCUT2D eigenvalue weighted by Crippen LogP contribution is 2.18. The Morgan fingerprint density at radius 3 is 2.77 bits per heavy atom. The Labute approximate surface area is 126 Å². The minimum atomic E-state index is -0.733. The zero-order valence-corrected chi connectivity index (χ0v) is 12.2. The summed E-state index contributed by atoms with van der Waals surface area (Å²) < 4.78 is 14.1. The Hall–Kier alpha value is -2.50. The fourth-order valence-corrected chi connectivity index (χ4v) is 2.58. The number of amides is 1. The van der Waals surface area contributed by atoms with Crippen LogP contribution in [0.4, 0.5) is 10.1 Å². The second-order valence-corrected chi connectivity index (χ2v) is 5.42. The molecule has 1 unspecified atom stereocenters. The molecule has 3 rings (SSSR count). The van der Waals surface area contributed by atoms with E-state index < -0.39 is 6.04 Å². The molecule has 5 nitrogen and oxygen atoms in total. The summed E-state index contributed by atoms with van der Waals surface area (Å²) in [5.74, 6) is -0.735. The highest BCUT2D eigenvalue weighted by molar-refractivity contribution is 5.93. The number of nitrogens with zero attached hydrogens (tertiary/aromatic N) is 2. The first-order valence-corrected chi connectivity index (χ1v) is 7.22. The zero-order valence-electron chi connectivity index (χ0n) is 12.2. The number of rotatable bonds is 3. The van der Waals surface area contributed by atoms with Crippen molar-refractivity contribution in [3.63, 3.8) is 0 Å². The van der Waals surface area contributed by atoms with Crippen molar-refractivity contribution in [2.75, 3.05) is 5.32 Å². The summed E-state index contributed by atoms with van der Waals surface area (Å²) in [6.07, 6.45) is 2.69. The molecule has 1 N–H and O–H groups in total. The first kappa shape index (κ1) is 14.4. The molecule has 1 aromatic carbocycles. The number of nitrogens with one attached hydrogen (secondary N) is 1. The van der Waals surface area contributed by atoms with E-state index in [0.717, 1.165) is 30.5 Å². The largest absolute Gasteiger partial charge is 0.324 e. The van der Waals surface area contributed by atoms with Gasteiger partial charge in [0.05, 0.1) is 5.69 Å². The van der Waals surface area contributed by atoms with Crippen molar-refractivity contribution in [2.45, 2.75) is 32.2 Å². The lowest BCUT2D eigenvalue weighted by Gasteiger charge is -2.15. The van der Waals surface area contributed by atoms with Gasteiger partial charge in [0.15, 0.2) is 0 Å². The highest BCUT2D eigenvalue weighted by atomic mass is 19.1. The van der Waals surface area contributed by atoms with Crippen LogP contribution in [0.3, 0.4) is 0 Å². The first-order valence-electron chi connectivity index (χ1n) is 7.22. The topological polar surface area (TPSA) is 64.0 Å². The molecule has 6 heteroatoms. The van der Waals surface area contributed by atoms with Crippen LogP contribution >= 0.6 is 0 Å². The van der Waals surface area contributed by atoms with Crippen molar-refractivity contribution in [1.82, 2.24) is 9.78 Å². The third-order valence-corrected chi connectivity index (χ3v) is 3.84. The van der Waals surface area contributed by atoms with E-state index in [2.05, 4.69) is 10.4 Å². The fraction of sp³-hybridized carbons (Fsp3) is 0.312. The van der Waals surface area contributed by atoms with Gasteiger partial charge in [-0.3, -0.25) is 9.59 Å². The number of hydrogen-bond acceptors (Lipinski definition) is 3. The number of fused-ring (bicyclic) bond motifs is 1. The maximum absolute atomic E-state index is 12.9. The lowest BCUT2D eigenvalue weighted by Crippen LogP contribution is -2.33. The van der Waals surface area contributed by atoms with Gasteiger partial charge < -0.3 is 5.32 Å². The molecular weight excluding hydrogens is 285 g/mol. The average molecular weight is 301 g/mol. The maximum atomic E-state index is 12.9. The van der Waals surface area contributed by atoms with Crippen molar-refractivity contribution < 1.29 is 9.18 Å². The third kappa shape index (κ3) is 2.77. The number of hydrogen-bond donors (Lipinski definition) is 1. The molecule has 1 aliphatic rings. The van der Waals surface area contributed by atoms with Crippen LogP contribution in [0.2, 0.25) is 0 Å². The Kier molecular flexibility index (Phi) is 3.75. The van der Waals surface area contributed by atoms with Gasteiger partial charge in [-0.25, -0.2) is 9.07 Å². The molecule has 1 heterocycles. The number of aryl methyl sites for hydroxylation is 2. The molecule has 0 saturated heterocycles. The van der Waals surface area contributed by atoms with Gasteiger partial charge in [0.1, 0.15) is 11.9 Å². The van der Waals surface area contributed by atoms with Crippen LogP contribution in [0.15, 0.2) is 35.1 Å². The van der Waals surface area contributed by atoms with E-state index in [9.17, 15) is 14.0 Å².